The lowest BCUT2D eigenvalue weighted by atomic mass is 9.96. The van der Waals surface area contributed by atoms with E-state index in [0.717, 1.165) is 12.1 Å². The van der Waals surface area contributed by atoms with Crippen molar-refractivity contribution in [1.82, 2.24) is 4.31 Å². The third-order valence-electron chi connectivity index (χ3n) is 6.04. The molecule has 0 aromatic heterocycles. The van der Waals surface area contributed by atoms with E-state index in [0.29, 0.717) is 18.4 Å². The van der Waals surface area contributed by atoms with Crippen LogP contribution in [-0.4, -0.2) is 43.9 Å². The average molecular weight is 510 g/mol. The molecule has 190 valence electrons. The molecule has 35 heavy (non-hydrogen) atoms. The number of rotatable bonds is 8. The van der Waals surface area contributed by atoms with E-state index < -0.39 is 56.4 Å². The fraction of sp³-hybridized carbons (Fsp3) is 0.440. The first-order valence-corrected chi connectivity index (χ1v) is 13.0. The zero-order chi connectivity index (χ0) is 25.8. The number of carbonyl (C=O) groups excluding carboxylic acids is 2. The normalized spacial score (nSPS) is 19.9. The zero-order valence-electron chi connectivity index (χ0n) is 19.9. The van der Waals surface area contributed by atoms with E-state index in [9.17, 15) is 18.0 Å². The quantitative estimate of drug-likeness (QED) is 0.391. The number of esters is 2. The molecule has 0 radical (unpaired) electrons. The van der Waals surface area contributed by atoms with Crippen LogP contribution >= 0.6 is 0 Å². The summed E-state index contributed by atoms with van der Waals surface area (Å²) in [6, 6.07) is 9.90. The predicted octanol–water partition coefficient (Wildman–Crippen LogP) is 4.23. The van der Waals surface area contributed by atoms with E-state index in [1.165, 1.54) is 18.2 Å². The summed E-state index contributed by atoms with van der Waals surface area (Å²) in [5, 5.41) is -0.788. The second-order valence-corrected chi connectivity index (χ2v) is 10.4. The Bertz CT molecular complexity index is 1150. The Kier molecular flexibility index (Phi) is 8.60. The number of carbonyl (C=O) groups is 2. The molecule has 2 unspecified atom stereocenters. The van der Waals surface area contributed by atoms with Crippen molar-refractivity contribution < 1.29 is 36.3 Å². The maximum Gasteiger partial charge on any atom is 0.325 e. The van der Waals surface area contributed by atoms with E-state index in [4.69, 9.17) is 9.47 Å². The molecule has 1 saturated heterocycles. The van der Waals surface area contributed by atoms with E-state index in [1.807, 2.05) is 0 Å². The second-order valence-electron chi connectivity index (χ2n) is 8.32. The number of ether oxygens (including phenoxy) is 2. The van der Waals surface area contributed by atoms with Crippen LogP contribution in [0.5, 0.6) is 0 Å². The van der Waals surface area contributed by atoms with Crippen molar-refractivity contribution in [3.8, 4) is 0 Å². The van der Waals surface area contributed by atoms with Crippen LogP contribution in [0, 0.1) is 11.6 Å². The summed E-state index contributed by atoms with van der Waals surface area (Å²) in [6.45, 7) is 4.23. The van der Waals surface area contributed by atoms with Crippen molar-refractivity contribution in [2.75, 3.05) is 13.2 Å². The first-order chi connectivity index (χ1) is 16.6. The molecule has 0 spiro atoms. The van der Waals surface area contributed by atoms with E-state index in [-0.39, 0.29) is 25.3 Å². The highest BCUT2D eigenvalue weighted by molar-refractivity contribution is 7.89. The Morgan fingerprint density at radius 3 is 2.17 bits per heavy atom. The Morgan fingerprint density at radius 2 is 1.60 bits per heavy atom. The summed E-state index contributed by atoms with van der Waals surface area (Å²) in [5.41, 5.74) is -0.0974. The van der Waals surface area contributed by atoms with Gasteiger partial charge in [-0.3, -0.25) is 9.59 Å². The maximum absolute atomic E-state index is 15.2. The fourth-order valence-corrected chi connectivity index (χ4v) is 6.45. The largest absolute Gasteiger partial charge is 0.465 e. The van der Waals surface area contributed by atoms with Crippen molar-refractivity contribution in [2.45, 2.75) is 57.4 Å². The van der Waals surface area contributed by atoms with Crippen molar-refractivity contribution in [2.24, 2.45) is 0 Å². The third-order valence-corrected chi connectivity index (χ3v) is 8.41. The number of hydrogen-bond donors (Lipinski definition) is 0. The summed E-state index contributed by atoms with van der Waals surface area (Å²) >= 11 is 0. The standard InChI is InChI=1S/C25H29F2NO6S/c1-4-33-24(29)23(25(30)34-5-2)19-14-20(26)18(13-21(19)27)15-28-16(3)11-12-22(35(28,31)32)17-9-7-6-8-10-17/h6-10,13-14,16,22-23H,4-5,11-12,15H2,1-3H3. The van der Waals surface area contributed by atoms with Gasteiger partial charge in [0.2, 0.25) is 10.0 Å². The highest BCUT2D eigenvalue weighted by Crippen LogP contribution is 2.38. The molecule has 7 nitrogen and oxygen atoms in total. The van der Waals surface area contributed by atoms with E-state index in [2.05, 4.69) is 0 Å². The van der Waals surface area contributed by atoms with Gasteiger partial charge in [0.1, 0.15) is 16.9 Å². The van der Waals surface area contributed by atoms with Gasteiger partial charge in [0, 0.05) is 23.7 Å². The molecule has 2 atom stereocenters. The van der Waals surface area contributed by atoms with Gasteiger partial charge < -0.3 is 9.47 Å². The van der Waals surface area contributed by atoms with Gasteiger partial charge in [-0.25, -0.2) is 17.2 Å². The van der Waals surface area contributed by atoms with Gasteiger partial charge in [-0.15, -0.1) is 0 Å². The molecule has 1 heterocycles. The molecule has 0 aliphatic carbocycles. The lowest BCUT2D eigenvalue weighted by molar-refractivity contribution is -0.157. The molecule has 10 heteroatoms. The monoisotopic (exact) mass is 509 g/mol. The van der Waals surface area contributed by atoms with Crippen molar-refractivity contribution in [1.29, 1.82) is 0 Å². The van der Waals surface area contributed by atoms with Crippen LogP contribution in [0.1, 0.15) is 61.5 Å². The molecule has 1 fully saturated rings. The van der Waals surface area contributed by atoms with Crippen LogP contribution in [0.4, 0.5) is 8.78 Å². The molecule has 0 amide bonds. The SMILES string of the molecule is CCOC(=O)C(C(=O)OCC)c1cc(F)c(CN2C(C)CCC(c3ccccc3)S2(=O)=O)cc1F. The minimum Gasteiger partial charge on any atom is -0.465 e. The fourth-order valence-electron chi connectivity index (χ4n) is 4.27. The molecule has 2 aromatic carbocycles. The minimum absolute atomic E-state index is 0.0653. The zero-order valence-corrected chi connectivity index (χ0v) is 20.7. The van der Waals surface area contributed by atoms with Crippen LogP contribution < -0.4 is 0 Å². The van der Waals surface area contributed by atoms with Crippen LogP contribution in [0.3, 0.4) is 0 Å². The Balaban J connectivity index is 1.95. The Hall–Kier alpha value is -2.85. The van der Waals surface area contributed by atoms with Gasteiger partial charge in [-0.2, -0.15) is 4.31 Å². The van der Waals surface area contributed by atoms with Crippen molar-refractivity contribution in [3.63, 3.8) is 0 Å². The molecule has 1 aliphatic rings. The molecule has 0 N–H and O–H groups in total. The lowest BCUT2D eigenvalue weighted by Crippen LogP contribution is -2.44. The molecule has 3 rings (SSSR count). The number of benzene rings is 2. The topological polar surface area (TPSA) is 90.0 Å². The number of halogens is 2. The van der Waals surface area contributed by atoms with Crippen LogP contribution in [0.2, 0.25) is 0 Å². The van der Waals surface area contributed by atoms with Crippen LogP contribution in [-0.2, 0) is 35.6 Å². The van der Waals surface area contributed by atoms with Crippen LogP contribution in [0.25, 0.3) is 0 Å². The van der Waals surface area contributed by atoms with E-state index >= 15 is 8.78 Å². The Morgan fingerprint density at radius 1 is 1.00 bits per heavy atom. The molecule has 2 aromatic rings. The van der Waals surface area contributed by atoms with Gasteiger partial charge in [0.15, 0.2) is 5.92 Å². The number of hydrogen-bond acceptors (Lipinski definition) is 6. The smallest absolute Gasteiger partial charge is 0.325 e. The summed E-state index contributed by atoms with van der Waals surface area (Å²) in [6.07, 6.45) is 0.968. The molecule has 1 aliphatic heterocycles. The Labute approximate surface area is 204 Å². The maximum atomic E-state index is 15.2. The summed E-state index contributed by atoms with van der Waals surface area (Å²) < 4.78 is 68.0. The highest BCUT2D eigenvalue weighted by Gasteiger charge is 2.41. The molecular weight excluding hydrogens is 480 g/mol. The van der Waals surface area contributed by atoms with Gasteiger partial charge in [-0.1, -0.05) is 30.3 Å². The second kappa shape index (κ2) is 11.3. The predicted molar refractivity (Wildman–Crippen MR) is 125 cm³/mol. The van der Waals surface area contributed by atoms with Gasteiger partial charge in [-0.05, 0) is 51.3 Å². The molecule has 0 bridgehead atoms. The minimum atomic E-state index is -3.87. The summed E-state index contributed by atoms with van der Waals surface area (Å²) in [7, 11) is -3.87. The van der Waals surface area contributed by atoms with Crippen LogP contribution in [0.15, 0.2) is 42.5 Å². The van der Waals surface area contributed by atoms with Gasteiger partial charge in [0.25, 0.3) is 0 Å². The summed E-state index contributed by atoms with van der Waals surface area (Å²) in [4.78, 5) is 24.6. The average Bonchev–Trinajstić information content (AvgIpc) is 2.80. The van der Waals surface area contributed by atoms with Crippen molar-refractivity contribution >= 4 is 22.0 Å². The number of sulfonamides is 1. The molecule has 0 saturated carbocycles. The summed E-state index contributed by atoms with van der Waals surface area (Å²) in [5.74, 6) is -5.89. The highest BCUT2D eigenvalue weighted by atomic mass is 32.2. The van der Waals surface area contributed by atoms with Crippen molar-refractivity contribution in [3.05, 3.63) is 70.8 Å². The van der Waals surface area contributed by atoms with E-state index in [1.54, 1.807) is 37.3 Å². The first kappa shape index (κ1) is 26.7. The van der Waals surface area contributed by atoms with Gasteiger partial charge in [0.05, 0.1) is 13.2 Å². The van der Waals surface area contributed by atoms with Gasteiger partial charge >= 0.3 is 11.9 Å². The first-order valence-electron chi connectivity index (χ1n) is 11.5. The lowest BCUT2D eigenvalue weighted by Gasteiger charge is -2.37. The molecular formula is C25H29F2NO6S. The number of nitrogens with zero attached hydrogens (tertiary/aromatic N) is 1. The third kappa shape index (κ3) is 5.70.